The van der Waals surface area contributed by atoms with E-state index in [4.69, 9.17) is 10.2 Å². The Morgan fingerprint density at radius 3 is 2.36 bits per heavy atom. The van der Waals surface area contributed by atoms with Gasteiger partial charge >= 0.3 is 0 Å². The predicted molar refractivity (Wildman–Crippen MR) is 88.5 cm³/mol. The molecule has 1 aromatic carbocycles. The molecular formula is C18H25N3O. The molecule has 1 aromatic heterocycles. The lowest BCUT2D eigenvalue weighted by atomic mass is 10.1. The second-order valence-electron chi connectivity index (χ2n) is 6.11. The quantitative estimate of drug-likeness (QED) is 0.886. The molecule has 0 amide bonds. The van der Waals surface area contributed by atoms with Gasteiger partial charge in [0.2, 0.25) is 0 Å². The average Bonchev–Trinajstić information content (AvgIpc) is 3.03. The molecule has 118 valence electrons. The summed E-state index contributed by atoms with van der Waals surface area (Å²) in [5, 5.41) is 0. The van der Waals surface area contributed by atoms with E-state index in [1.807, 2.05) is 18.2 Å². The largest absolute Gasteiger partial charge is 0.468 e. The van der Waals surface area contributed by atoms with Crippen molar-refractivity contribution in [3.63, 3.8) is 0 Å². The topological polar surface area (TPSA) is 45.6 Å². The molecule has 0 spiro atoms. The normalized spacial score (nSPS) is 18.4. The summed E-state index contributed by atoms with van der Waals surface area (Å²) >= 11 is 0. The van der Waals surface area contributed by atoms with Gasteiger partial charge in [-0.1, -0.05) is 30.3 Å². The monoisotopic (exact) mass is 299 g/mol. The number of hydrogen-bond acceptors (Lipinski definition) is 4. The zero-order valence-corrected chi connectivity index (χ0v) is 13.0. The molecule has 4 nitrogen and oxygen atoms in total. The standard InChI is InChI=1S/C18H25N3O/c19-17(13-16-5-2-1-3-6-16)14-20-8-10-21(11-9-20)15-18-7-4-12-22-18/h1-7,12,17H,8-11,13-15,19H2/t17-/m0/s1. The van der Waals surface area contributed by atoms with E-state index in [1.54, 1.807) is 6.26 Å². The van der Waals surface area contributed by atoms with Crippen LogP contribution in [-0.2, 0) is 13.0 Å². The third-order valence-electron chi connectivity index (χ3n) is 4.26. The van der Waals surface area contributed by atoms with Crippen molar-refractivity contribution < 1.29 is 4.42 Å². The Labute approximate surface area is 132 Å². The second-order valence-corrected chi connectivity index (χ2v) is 6.11. The molecule has 2 heterocycles. The summed E-state index contributed by atoms with van der Waals surface area (Å²) in [6.07, 6.45) is 2.70. The van der Waals surface area contributed by atoms with Crippen molar-refractivity contribution in [2.45, 2.75) is 19.0 Å². The van der Waals surface area contributed by atoms with Gasteiger partial charge in [0, 0.05) is 38.8 Å². The molecule has 1 aliphatic rings. The lowest BCUT2D eigenvalue weighted by Gasteiger charge is -2.35. The molecule has 1 fully saturated rings. The van der Waals surface area contributed by atoms with Gasteiger partial charge in [0.25, 0.3) is 0 Å². The lowest BCUT2D eigenvalue weighted by molar-refractivity contribution is 0.116. The Morgan fingerprint density at radius 2 is 1.68 bits per heavy atom. The molecule has 0 unspecified atom stereocenters. The van der Waals surface area contributed by atoms with Gasteiger partial charge in [-0.2, -0.15) is 0 Å². The number of rotatable bonds is 6. The molecule has 1 saturated heterocycles. The summed E-state index contributed by atoms with van der Waals surface area (Å²) in [5.41, 5.74) is 7.64. The smallest absolute Gasteiger partial charge is 0.117 e. The predicted octanol–water partition coefficient (Wildman–Crippen LogP) is 1.97. The van der Waals surface area contributed by atoms with Crippen molar-refractivity contribution in [3.05, 3.63) is 60.1 Å². The minimum absolute atomic E-state index is 0.207. The second kappa shape index (κ2) is 7.58. The first-order chi connectivity index (χ1) is 10.8. The number of benzene rings is 1. The van der Waals surface area contributed by atoms with Crippen molar-refractivity contribution in [2.75, 3.05) is 32.7 Å². The maximum atomic E-state index is 6.31. The number of nitrogens with zero attached hydrogens (tertiary/aromatic N) is 2. The number of nitrogens with two attached hydrogens (primary N) is 1. The minimum Gasteiger partial charge on any atom is -0.468 e. The SMILES string of the molecule is N[C@@H](Cc1ccccc1)CN1CCN(Cc2ccco2)CC1. The molecule has 0 radical (unpaired) electrons. The first kappa shape index (κ1) is 15.3. The van der Waals surface area contributed by atoms with Crippen LogP contribution in [0.25, 0.3) is 0 Å². The summed E-state index contributed by atoms with van der Waals surface area (Å²) in [7, 11) is 0. The molecule has 2 N–H and O–H groups in total. The number of furan rings is 1. The van der Waals surface area contributed by atoms with Gasteiger partial charge in [0.1, 0.15) is 5.76 Å². The highest BCUT2D eigenvalue weighted by Gasteiger charge is 2.19. The van der Waals surface area contributed by atoms with Crippen LogP contribution in [0.2, 0.25) is 0 Å². The molecule has 22 heavy (non-hydrogen) atoms. The van der Waals surface area contributed by atoms with Crippen LogP contribution in [0, 0.1) is 0 Å². The van der Waals surface area contributed by atoms with Crippen molar-refractivity contribution in [1.29, 1.82) is 0 Å². The zero-order valence-electron chi connectivity index (χ0n) is 13.0. The molecule has 1 aliphatic heterocycles. The van der Waals surface area contributed by atoms with Crippen molar-refractivity contribution in [2.24, 2.45) is 5.73 Å². The number of piperazine rings is 1. The fourth-order valence-electron chi connectivity index (χ4n) is 3.07. The highest BCUT2D eigenvalue weighted by Crippen LogP contribution is 2.10. The molecule has 0 saturated carbocycles. The third kappa shape index (κ3) is 4.44. The molecule has 0 aliphatic carbocycles. The Bertz CT molecular complexity index is 533. The highest BCUT2D eigenvalue weighted by atomic mass is 16.3. The lowest BCUT2D eigenvalue weighted by Crippen LogP contribution is -2.49. The van der Waals surface area contributed by atoms with Gasteiger partial charge in [-0.25, -0.2) is 0 Å². The van der Waals surface area contributed by atoms with E-state index >= 15 is 0 Å². The summed E-state index contributed by atoms with van der Waals surface area (Å²) in [6, 6.07) is 14.7. The van der Waals surface area contributed by atoms with Crippen LogP contribution in [0.15, 0.2) is 53.1 Å². The van der Waals surface area contributed by atoms with E-state index in [-0.39, 0.29) is 6.04 Å². The van der Waals surface area contributed by atoms with Crippen LogP contribution >= 0.6 is 0 Å². The zero-order chi connectivity index (χ0) is 15.2. The van der Waals surface area contributed by atoms with Crippen LogP contribution in [0.4, 0.5) is 0 Å². The average molecular weight is 299 g/mol. The maximum Gasteiger partial charge on any atom is 0.117 e. The summed E-state index contributed by atoms with van der Waals surface area (Å²) in [6.45, 7) is 6.23. The molecular weight excluding hydrogens is 274 g/mol. The molecule has 0 bridgehead atoms. The fourth-order valence-corrected chi connectivity index (χ4v) is 3.07. The van der Waals surface area contributed by atoms with Crippen LogP contribution in [-0.4, -0.2) is 48.6 Å². The molecule has 4 heteroatoms. The summed E-state index contributed by atoms with van der Waals surface area (Å²) in [5.74, 6) is 1.05. The van der Waals surface area contributed by atoms with Crippen LogP contribution in [0.3, 0.4) is 0 Å². The van der Waals surface area contributed by atoms with Gasteiger partial charge in [0.15, 0.2) is 0 Å². The van der Waals surface area contributed by atoms with E-state index in [0.29, 0.717) is 0 Å². The van der Waals surface area contributed by atoms with E-state index in [2.05, 4.69) is 34.1 Å². The van der Waals surface area contributed by atoms with Crippen molar-refractivity contribution >= 4 is 0 Å². The fraction of sp³-hybridized carbons (Fsp3) is 0.444. The van der Waals surface area contributed by atoms with E-state index < -0.39 is 0 Å². The Balaban J connectivity index is 1.40. The van der Waals surface area contributed by atoms with Crippen molar-refractivity contribution in [3.8, 4) is 0 Å². The Hall–Kier alpha value is -1.62. The first-order valence-corrected chi connectivity index (χ1v) is 8.06. The van der Waals surface area contributed by atoms with Crippen LogP contribution < -0.4 is 5.73 Å². The van der Waals surface area contributed by atoms with E-state index in [1.165, 1.54) is 5.56 Å². The first-order valence-electron chi connectivity index (χ1n) is 8.06. The molecule has 1 atom stereocenters. The van der Waals surface area contributed by atoms with Crippen LogP contribution in [0.5, 0.6) is 0 Å². The van der Waals surface area contributed by atoms with Crippen LogP contribution in [0.1, 0.15) is 11.3 Å². The third-order valence-corrected chi connectivity index (χ3v) is 4.26. The van der Waals surface area contributed by atoms with Gasteiger partial charge in [-0.05, 0) is 24.1 Å². The highest BCUT2D eigenvalue weighted by molar-refractivity contribution is 5.15. The summed E-state index contributed by atoms with van der Waals surface area (Å²) in [4.78, 5) is 4.92. The van der Waals surface area contributed by atoms with E-state index in [0.717, 1.165) is 51.4 Å². The maximum absolute atomic E-state index is 6.31. The minimum atomic E-state index is 0.207. The van der Waals surface area contributed by atoms with Gasteiger partial charge in [0.05, 0.1) is 12.8 Å². The van der Waals surface area contributed by atoms with Gasteiger partial charge in [-0.15, -0.1) is 0 Å². The summed E-state index contributed by atoms with van der Waals surface area (Å²) < 4.78 is 5.42. The number of hydrogen-bond donors (Lipinski definition) is 1. The van der Waals surface area contributed by atoms with E-state index in [9.17, 15) is 0 Å². The Morgan fingerprint density at radius 1 is 0.955 bits per heavy atom. The molecule has 3 rings (SSSR count). The van der Waals surface area contributed by atoms with Crippen molar-refractivity contribution in [1.82, 2.24) is 9.80 Å². The molecule has 2 aromatic rings. The van der Waals surface area contributed by atoms with Gasteiger partial charge < -0.3 is 10.2 Å². The Kier molecular flexibility index (Phi) is 5.27. The van der Waals surface area contributed by atoms with Gasteiger partial charge in [-0.3, -0.25) is 9.80 Å².